The van der Waals surface area contributed by atoms with Gasteiger partial charge in [-0.1, -0.05) is 95.5 Å². The summed E-state index contributed by atoms with van der Waals surface area (Å²) in [6, 6.07) is 27.8. The number of nitrogens with zero attached hydrogens (tertiary/aromatic N) is 2. The van der Waals surface area contributed by atoms with Crippen molar-refractivity contribution in [1.29, 1.82) is 0 Å². The molecule has 0 unspecified atom stereocenters. The van der Waals surface area contributed by atoms with Crippen LogP contribution in [0.4, 0.5) is 5.69 Å². The Morgan fingerprint density at radius 3 is 2.17 bits per heavy atom. The van der Waals surface area contributed by atoms with E-state index >= 15 is 0 Å². The Bertz CT molecular complexity index is 1750. The normalized spacial score (nSPS) is 11.9. The van der Waals surface area contributed by atoms with Crippen LogP contribution in [0.25, 0.3) is 0 Å². The van der Waals surface area contributed by atoms with Crippen LogP contribution in [0.5, 0.6) is 5.75 Å². The molecule has 0 spiro atoms. The Balaban J connectivity index is 1.83. The van der Waals surface area contributed by atoms with E-state index < -0.39 is 28.5 Å². The van der Waals surface area contributed by atoms with Crippen LogP contribution >= 0.6 is 15.9 Å². The van der Waals surface area contributed by atoms with E-state index in [4.69, 9.17) is 4.74 Å². The summed E-state index contributed by atoms with van der Waals surface area (Å²) in [6.07, 6.45) is 1.94. The van der Waals surface area contributed by atoms with Crippen molar-refractivity contribution >= 4 is 43.5 Å². The molecule has 0 aliphatic rings. The number of aryl methyl sites for hydroxylation is 2. The monoisotopic (exact) mass is 719 g/mol. The number of rotatable bonds is 15. The number of hydrogen-bond acceptors (Lipinski definition) is 5. The number of hydrogen-bond donors (Lipinski definition) is 1. The third kappa shape index (κ3) is 9.45. The van der Waals surface area contributed by atoms with E-state index in [1.54, 1.807) is 24.3 Å². The molecule has 4 aromatic rings. The van der Waals surface area contributed by atoms with E-state index in [-0.39, 0.29) is 29.5 Å². The second-order valence-electron chi connectivity index (χ2n) is 11.5. The van der Waals surface area contributed by atoms with E-state index in [0.29, 0.717) is 12.3 Å². The van der Waals surface area contributed by atoms with Crippen LogP contribution in [-0.2, 0) is 32.6 Å². The molecule has 10 heteroatoms. The van der Waals surface area contributed by atoms with Crippen LogP contribution in [0.3, 0.4) is 0 Å². The number of halogens is 1. The molecule has 4 aromatic carbocycles. The molecule has 1 N–H and O–H groups in total. The average molecular weight is 721 g/mol. The fourth-order valence-corrected chi connectivity index (χ4v) is 6.87. The van der Waals surface area contributed by atoms with Crippen LogP contribution in [-0.4, -0.2) is 51.4 Å². The number of nitrogens with one attached hydrogen (secondary N) is 1. The minimum atomic E-state index is -4.25. The number of amides is 2. The maximum absolute atomic E-state index is 14.7. The van der Waals surface area contributed by atoms with Crippen molar-refractivity contribution < 1.29 is 22.7 Å². The zero-order valence-electron chi connectivity index (χ0n) is 27.3. The first-order chi connectivity index (χ1) is 22.5. The summed E-state index contributed by atoms with van der Waals surface area (Å²) in [7, 11) is -2.79. The molecule has 0 aromatic heterocycles. The first kappa shape index (κ1) is 35.7. The van der Waals surface area contributed by atoms with Gasteiger partial charge in [0.15, 0.2) is 0 Å². The Labute approximate surface area is 286 Å². The van der Waals surface area contributed by atoms with E-state index in [9.17, 15) is 18.0 Å². The molecule has 2 amide bonds. The lowest BCUT2D eigenvalue weighted by Gasteiger charge is -2.34. The molecule has 47 heavy (non-hydrogen) atoms. The summed E-state index contributed by atoms with van der Waals surface area (Å²) in [5.74, 6) is -0.524. The van der Waals surface area contributed by atoms with Gasteiger partial charge in [0.2, 0.25) is 11.8 Å². The Hall–Kier alpha value is -4.15. The number of sulfonamides is 1. The lowest BCUT2D eigenvalue weighted by molar-refractivity contribution is -0.140. The highest BCUT2D eigenvalue weighted by atomic mass is 79.9. The highest BCUT2D eigenvalue weighted by Gasteiger charge is 2.35. The molecule has 0 fully saturated rings. The SMILES string of the molecule is CCCCNC(=O)[C@@H](Cc1ccccc1)N(Cc1ccc(Br)cc1)C(=O)CN(c1cc(C)ccc1OC)S(=O)(=O)c1ccc(C)cc1. The van der Waals surface area contributed by atoms with Crippen LogP contribution in [0.1, 0.15) is 42.0 Å². The van der Waals surface area contributed by atoms with Gasteiger partial charge in [0.1, 0.15) is 18.3 Å². The van der Waals surface area contributed by atoms with Gasteiger partial charge in [0.05, 0.1) is 17.7 Å². The second kappa shape index (κ2) is 16.6. The van der Waals surface area contributed by atoms with Gasteiger partial charge in [-0.2, -0.15) is 0 Å². The van der Waals surface area contributed by atoms with Crippen molar-refractivity contribution in [3.63, 3.8) is 0 Å². The summed E-state index contributed by atoms with van der Waals surface area (Å²) in [6.45, 7) is 5.76. The fourth-order valence-electron chi connectivity index (χ4n) is 5.19. The van der Waals surface area contributed by atoms with Gasteiger partial charge >= 0.3 is 0 Å². The molecule has 0 heterocycles. The molecule has 0 radical (unpaired) electrons. The van der Waals surface area contributed by atoms with Crippen molar-refractivity contribution in [3.05, 3.63) is 124 Å². The molecule has 4 rings (SSSR count). The van der Waals surface area contributed by atoms with Gasteiger partial charge in [0, 0.05) is 24.0 Å². The van der Waals surface area contributed by atoms with Gasteiger partial charge < -0.3 is 15.0 Å². The molecule has 0 aliphatic heterocycles. The number of ether oxygens (including phenoxy) is 1. The molecule has 0 saturated carbocycles. The summed E-state index contributed by atoms with van der Waals surface area (Å²) < 4.78 is 36.3. The molecule has 248 valence electrons. The summed E-state index contributed by atoms with van der Waals surface area (Å²) in [4.78, 5) is 30.1. The molecule has 1 atom stereocenters. The first-order valence-corrected chi connectivity index (χ1v) is 17.9. The highest BCUT2D eigenvalue weighted by Crippen LogP contribution is 2.34. The zero-order chi connectivity index (χ0) is 34.0. The molecule has 0 aliphatic carbocycles. The first-order valence-electron chi connectivity index (χ1n) is 15.6. The zero-order valence-corrected chi connectivity index (χ0v) is 29.7. The lowest BCUT2D eigenvalue weighted by atomic mass is 10.0. The van der Waals surface area contributed by atoms with E-state index in [2.05, 4.69) is 21.2 Å². The number of unbranched alkanes of at least 4 members (excludes halogenated alkanes) is 1. The van der Waals surface area contributed by atoms with E-state index in [1.165, 1.54) is 24.1 Å². The predicted molar refractivity (Wildman–Crippen MR) is 190 cm³/mol. The lowest BCUT2D eigenvalue weighted by Crippen LogP contribution is -2.53. The van der Waals surface area contributed by atoms with Crippen molar-refractivity contribution in [1.82, 2.24) is 10.2 Å². The maximum atomic E-state index is 14.7. The van der Waals surface area contributed by atoms with Crippen LogP contribution in [0, 0.1) is 13.8 Å². The van der Waals surface area contributed by atoms with Gasteiger partial charge in [-0.25, -0.2) is 8.42 Å². The Kier molecular flexibility index (Phi) is 12.6. The quantitative estimate of drug-likeness (QED) is 0.136. The maximum Gasteiger partial charge on any atom is 0.264 e. The summed E-state index contributed by atoms with van der Waals surface area (Å²) >= 11 is 3.47. The van der Waals surface area contributed by atoms with Gasteiger partial charge in [-0.3, -0.25) is 13.9 Å². The predicted octanol–water partition coefficient (Wildman–Crippen LogP) is 6.83. The average Bonchev–Trinajstić information content (AvgIpc) is 3.06. The minimum absolute atomic E-state index is 0.0389. The molecule has 0 saturated heterocycles. The van der Waals surface area contributed by atoms with Crippen LogP contribution in [0.15, 0.2) is 106 Å². The third-order valence-electron chi connectivity index (χ3n) is 7.86. The number of benzene rings is 4. The van der Waals surface area contributed by atoms with Crippen molar-refractivity contribution in [2.24, 2.45) is 0 Å². The second-order valence-corrected chi connectivity index (χ2v) is 14.3. The Morgan fingerprint density at radius 2 is 1.53 bits per heavy atom. The topological polar surface area (TPSA) is 96.0 Å². The number of anilines is 1. The van der Waals surface area contributed by atoms with E-state index in [0.717, 1.165) is 43.9 Å². The van der Waals surface area contributed by atoms with Crippen molar-refractivity contribution in [2.75, 3.05) is 24.5 Å². The molecular weight excluding hydrogens is 678 g/mol. The third-order valence-corrected chi connectivity index (χ3v) is 10.2. The van der Waals surface area contributed by atoms with Gasteiger partial charge in [0.25, 0.3) is 10.0 Å². The van der Waals surface area contributed by atoms with Crippen LogP contribution in [0.2, 0.25) is 0 Å². The van der Waals surface area contributed by atoms with Gasteiger partial charge in [-0.15, -0.1) is 0 Å². The standard InChI is InChI=1S/C37H42BrN3O5S/c1-5-6-22-39-37(43)34(24-29-10-8-7-9-11-29)40(25-30-15-17-31(38)18-16-30)36(42)26-41(33-23-28(3)14-21-35(33)46-4)47(44,45)32-19-12-27(2)13-20-32/h7-21,23,34H,5-6,22,24-26H2,1-4H3,(H,39,43)/t34-/m1/s1. The summed E-state index contributed by atoms with van der Waals surface area (Å²) in [5.41, 5.74) is 3.60. The largest absolute Gasteiger partial charge is 0.495 e. The summed E-state index contributed by atoms with van der Waals surface area (Å²) in [5, 5.41) is 3.01. The fraction of sp³-hybridized carbons (Fsp3) is 0.297. The highest BCUT2D eigenvalue weighted by molar-refractivity contribution is 9.10. The minimum Gasteiger partial charge on any atom is -0.495 e. The van der Waals surface area contributed by atoms with E-state index in [1.807, 2.05) is 81.4 Å². The van der Waals surface area contributed by atoms with Crippen LogP contribution < -0.4 is 14.4 Å². The molecule has 8 nitrogen and oxygen atoms in total. The molecule has 0 bridgehead atoms. The Morgan fingerprint density at radius 1 is 0.872 bits per heavy atom. The number of carbonyl (C=O) groups excluding carboxylic acids is 2. The molecular formula is C37H42BrN3O5S. The van der Waals surface area contributed by atoms with Crippen molar-refractivity contribution in [3.8, 4) is 5.75 Å². The smallest absolute Gasteiger partial charge is 0.264 e. The number of methoxy groups -OCH3 is 1. The number of carbonyl (C=O) groups is 2. The van der Waals surface area contributed by atoms with Gasteiger partial charge in [-0.05, 0) is 73.4 Å². The van der Waals surface area contributed by atoms with Crippen molar-refractivity contribution in [2.45, 2.75) is 57.5 Å².